The van der Waals surface area contributed by atoms with Gasteiger partial charge in [0, 0.05) is 16.1 Å². The molecule has 0 amide bonds. The van der Waals surface area contributed by atoms with Gasteiger partial charge in [-0.1, -0.05) is 11.6 Å². The number of aryl methyl sites for hydroxylation is 1. The highest BCUT2D eigenvalue weighted by atomic mass is 35.5. The van der Waals surface area contributed by atoms with Gasteiger partial charge in [0.2, 0.25) is 0 Å². The first kappa shape index (κ1) is 16.5. The van der Waals surface area contributed by atoms with Gasteiger partial charge < -0.3 is 20.9 Å². The summed E-state index contributed by atoms with van der Waals surface area (Å²) in [6, 6.07) is 2.06. The quantitative estimate of drug-likeness (QED) is 0.676. The summed E-state index contributed by atoms with van der Waals surface area (Å²) in [5.74, 6) is -4.87. The highest BCUT2D eigenvalue weighted by Gasteiger charge is 2.28. The van der Waals surface area contributed by atoms with E-state index >= 15 is 0 Å². The monoisotopic (exact) mass is 340 g/mol. The SMILES string of the molecule is Cc1cc(-c2c(C(=O)O)c(N)[nH]c(=O)c2C(=O)O)c(F)cc1Cl. The molecule has 5 N–H and O–H groups in total. The van der Waals surface area contributed by atoms with E-state index in [1.165, 1.54) is 6.92 Å². The van der Waals surface area contributed by atoms with Crippen molar-refractivity contribution in [1.29, 1.82) is 0 Å². The molecule has 0 radical (unpaired) electrons. The van der Waals surface area contributed by atoms with Crippen molar-refractivity contribution in [2.24, 2.45) is 0 Å². The van der Waals surface area contributed by atoms with Crippen molar-refractivity contribution in [1.82, 2.24) is 4.98 Å². The lowest BCUT2D eigenvalue weighted by Gasteiger charge is -2.13. The van der Waals surface area contributed by atoms with Crippen LogP contribution in [0, 0.1) is 12.7 Å². The molecule has 7 nitrogen and oxygen atoms in total. The van der Waals surface area contributed by atoms with Crippen LogP contribution in [0.5, 0.6) is 0 Å². The van der Waals surface area contributed by atoms with Crippen LogP contribution in [0.2, 0.25) is 5.02 Å². The number of carboxylic acid groups (broad SMARTS) is 2. The van der Waals surface area contributed by atoms with Crippen molar-refractivity contribution in [3.63, 3.8) is 0 Å². The van der Waals surface area contributed by atoms with Crippen LogP contribution in [0.1, 0.15) is 26.3 Å². The molecule has 0 unspecified atom stereocenters. The summed E-state index contributed by atoms with van der Waals surface area (Å²) in [6.07, 6.45) is 0. The smallest absolute Gasteiger partial charge is 0.342 e. The minimum Gasteiger partial charge on any atom is -0.478 e. The number of halogens is 2. The number of H-pyrrole nitrogens is 1. The molecule has 0 aliphatic heterocycles. The second-order valence-electron chi connectivity index (χ2n) is 4.68. The van der Waals surface area contributed by atoms with Gasteiger partial charge in [-0.25, -0.2) is 14.0 Å². The summed E-state index contributed by atoms with van der Waals surface area (Å²) in [6.45, 7) is 1.52. The molecule has 1 aromatic heterocycles. The highest BCUT2D eigenvalue weighted by Crippen LogP contribution is 2.33. The number of hydrogen-bond acceptors (Lipinski definition) is 4. The van der Waals surface area contributed by atoms with Crippen LogP contribution in [0.3, 0.4) is 0 Å². The van der Waals surface area contributed by atoms with E-state index in [0.717, 1.165) is 12.1 Å². The van der Waals surface area contributed by atoms with Gasteiger partial charge in [-0.05, 0) is 24.6 Å². The molecule has 0 saturated carbocycles. The largest absolute Gasteiger partial charge is 0.478 e. The van der Waals surface area contributed by atoms with E-state index in [1.807, 2.05) is 4.98 Å². The van der Waals surface area contributed by atoms with Crippen LogP contribution >= 0.6 is 11.6 Å². The van der Waals surface area contributed by atoms with Gasteiger partial charge in [-0.15, -0.1) is 0 Å². The third-order valence-electron chi connectivity index (χ3n) is 3.19. The number of nitrogens with one attached hydrogen (secondary N) is 1. The average Bonchev–Trinajstić information content (AvgIpc) is 2.40. The molecule has 23 heavy (non-hydrogen) atoms. The average molecular weight is 341 g/mol. The Balaban J connectivity index is 3.06. The van der Waals surface area contributed by atoms with Crippen LogP contribution in [0.15, 0.2) is 16.9 Å². The Morgan fingerprint density at radius 2 is 1.78 bits per heavy atom. The number of nitrogens with two attached hydrogens (primary N) is 1. The first-order valence-corrected chi connectivity index (χ1v) is 6.51. The molecule has 1 aromatic carbocycles. The second kappa shape index (κ2) is 5.73. The number of nitrogen functional groups attached to an aromatic ring is 1. The molecule has 120 valence electrons. The lowest BCUT2D eigenvalue weighted by atomic mass is 9.94. The summed E-state index contributed by atoms with van der Waals surface area (Å²) in [7, 11) is 0. The van der Waals surface area contributed by atoms with Crippen LogP contribution < -0.4 is 11.3 Å². The molecule has 0 aliphatic carbocycles. The van der Waals surface area contributed by atoms with Crippen LogP contribution in [-0.2, 0) is 0 Å². The molecular weight excluding hydrogens is 331 g/mol. The number of aromatic nitrogens is 1. The Bertz CT molecular complexity index is 907. The van der Waals surface area contributed by atoms with E-state index < -0.39 is 45.8 Å². The molecular formula is C14H10ClFN2O5. The normalized spacial score (nSPS) is 10.6. The number of hydrogen-bond donors (Lipinski definition) is 4. The number of aromatic amines is 1. The molecule has 9 heteroatoms. The number of aromatic carboxylic acids is 2. The first-order chi connectivity index (χ1) is 10.6. The van der Waals surface area contributed by atoms with Crippen LogP contribution in [-0.4, -0.2) is 27.1 Å². The molecule has 0 saturated heterocycles. The lowest BCUT2D eigenvalue weighted by Crippen LogP contribution is -2.24. The van der Waals surface area contributed by atoms with Crippen LogP contribution in [0.25, 0.3) is 11.1 Å². The van der Waals surface area contributed by atoms with Gasteiger partial charge in [0.05, 0.1) is 0 Å². The predicted molar refractivity (Wildman–Crippen MR) is 80.5 cm³/mol. The number of carbonyl (C=O) groups is 2. The maximum absolute atomic E-state index is 14.2. The minimum atomic E-state index is -1.71. The highest BCUT2D eigenvalue weighted by molar-refractivity contribution is 6.31. The van der Waals surface area contributed by atoms with Crippen molar-refractivity contribution >= 4 is 29.4 Å². The van der Waals surface area contributed by atoms with Crippen molar-refractivity contribution in [3.8, 4) is 11.1 Å². The summed E-state index contributed by atoms with van der Waals surface area (Å²) in [4.78, 5) is 36.6. The predicted octanol–water partition coefficient (Wildman–Crippen LogP) is 2.12. The maximum atomic E-state index is 14.2. The Labute approximate surface area is 133 Å². The van der Waals surface area contributed by atoms with E-state index in [9.17, 15) is 29.0 Å². The third kappa shape index (κ3) is 2.76. The molecule has 0 bridgehead atoms. The standard InChI is InChI=1S/C14H10ClFN2O5/c1-4-2-5(7(16)3-6(4)15)8-9(13(20)21)11(17)18-12(19)10(8)14(22)23/h2-3H,1H3,(H,20,21)(H,22,23)(H3,17,18,19). The molecule has 0 atom stereocenters. The number of pyridine rings is 1. The van der Waals surface area contributed by atoms with E-state index in [4.69, 9.17) is 17.3 Å². The van der Waals surface area contributed by atoms with Gasteiger partial charge in [0.25, 0.3) is 5.56 Å². The fraction of sp³-hybridized carbons (Fsp3) is 0.0714. The van der Waals surface area contributed by atoms with Gasteiger partial charge >= 0.3 is 11.9 Å². The Hall–Kier alpha value is -2.87. The van der Waals surface area contributed by atoms with Crippen molar-refractivity contribution in [3.05, 3.63) is 50.0 Å². The Morgan fingerprint density at radius 1 is 1.22 bits per heavy atom. The molecule has 0 spiro atoms. The molecule has 0 fully saturated rings. The summed E-state index contributed by atoms with van der Waals surface area (Å²) >= 11 is 5.78. The lowest BCUT2D eigenvalue weighted by molar-refractivity contribution is 0.0695. The zero-order valence-corrected chi connectivity index (χ0v) is 12.4. The van der Waals surface area contributed by atoms with Gasteiger partial charge in [0.1, 0.15) is 22.8 Å². The van der Waals surface area contributed by atoms with Crippen molar-refractivity contribution < 1.29 is 24.2 Å². The maximum Gasteiger partial charge on any atom is 0.342 e. The topological polar surface area (TPSA) is 133 Å². The van der Waals surface area contributed by atoms with Crippen LogP contribution in [0.4, 0.5) is 10.2 Å². The second-order valence-corrected chi connectivity index (χ2v) is 5.09. The number of rotatable bonds is 3. The van der Waals surface area contributed by atoms with Gasteiger partial charge in [-0.3, -0.25) is 4.79 Å². The zero-order valence-electron chi connectivity index (χ0n) is 11.6. The Morgan fingerprint density at radius 3 is 2.30 bits per heavy atom. The number of anilines is 1. The van der Waals surface area contributed by atoms with E-state index in [1.54, 1.807) is 0 Å². The fourth-order valence-corrected chi connectivity index (χ4v) is 2.32. The third-order valence-corrected chi connectivity index (χ3v) is 3.60. The van der Waals surface area contributed by atoms with E-state index in [-0.39, 0.29) is 10.6 Å². The number of carboxylic acids is 2. The zero-order chi connectivity index (χ0) is 17.5. The Kier molecular flexibility index (Phi) is 4.11. The number of benzene rings is 1. The van der Waals surface area contributed by atoms with Gasteiger partial charge in [-0.2, -0.15) is 0 Å². The molecule has 2 rings (SSSR count). The molecule has 1 heterocycles. The van der Waals surface area contributed by atoms with Crippen molar-refractivity contribution in [2.75, 3.05) is 5.73 Å². The first-order valence-electron chi connectivity index (χ1n) is 6.13. The van der Waals surface area contributed by atoms with E-state index in [0.29, 0.717) is 5.56 Å². The van der Waals surface area contributed by atoms with E-state index in [2.05, 4.69) is 0 Å². The minimum absolute atomic E-state index is 0.0674. The summed E-state index contributed by atoms with van der Waals surface area (Å²) in [5.41, 5.74) is 2.08. The van der Waals surface area contributed by atoms with Gasteiger partial charge in [0.15, 0.2) is 0 Å². The molecule has 0 aliphatic rings. The summed E-state index contributed by atoms with van der Waals surface area (Å²) < 4.78 is 14.2. The fourth-order valence-electron chi connectivity index (χ4n) is 2.16. The molecule has 2 aromatic rings. The summed E-state index contributed by atoms with van der Waals surface area (Å²) in [5, 5.41) is 18.6. The van der Waals surface area contributed by atoms with Crippen molar-refractivity contribution in [2.45, 2.75) is 6.92 Å².